The number of rotatable bonds is 6. The lowest BCUT2D eigenvalue weighted by molar-refractivity contribution is 0.206. The van der Waals surface area contributed by atoms with Crippen molar-refractivity contribution in [3.05, 3.63) is 51.4 Å². The Morgan fingerprint density at radius 2 is 1.89 bits per heavy atom. The summed E-state index contributed by atoms with van der Waals surface area (Å²) < 4.78 is 41.2. The first-order valence-corrected chi connectivity index (χ1v) is 11.5. The topological polar surface area (TPSA) is 49.4 Å². The van der Waals surface area contributed by atoms with E-state index in [-0.39, 0.29) is 34.9 Å². The van der Waals surface area contributed by atoms with Crippen LogP contribution in [0.2, 0.25) is 5.02 Å². The van der Waals surface area contributed by atoms with Gasteiger partial charge in [-0.25, -0.2) is 17.5 Å². The molecule has 0 amide bonds. The van der Waals surface area contributed by atoms with Gasteiger partial charge in [-0.1, -0.05) is 24.4 Å². The lowest BCUT2D eigenvalue weighted by Crippen LogP contribution is -2.38. The summed E-state index contributed by atoms with van der Waals surface area (Å²) in [6.07, 6.45) is 4.68. The van der Waals surface area contributed by atoms with Gasteiger partial charge in [0.2, 0.25) is 10.0 Å². The van der Waals surface area contributed by atoms with Crippen molar-refractivity contribution in [3.63, 3.8) is 0 Å². The van der Waals surface area contributed by atoms with E-state index >= 15 is 0 Å². The molecule has 4 nitrogen and oxygen atoms in total. The Hall–Kier alpha value is -0.700. The zero-order chi connectivity index (χ0) is 18.6. The molecular weight excluding hydrogens is 430 g/mol. The van der Waals surface area contributed by atoms with Gasteiger partial charge in [0.25, 0.3) is 0 Å². The Balaban J connectivity index is 0.00000261. The highest BCUT2D eigenvalue weighted by Gasteiger charge is 2.25. The molecule has 1 aromatic carbocycles. The first kappa shape index (κ1) is 22.6. The molecular formula is C18H23Cl2FN2O2S2. The van der Waals surface area contributed by atoms with Crippen LogP contribution in [0, 0.1) is 5.82 Å². The third-order valence-electron chi connectivity index (χ3n) is 4.68. The molecule has 1 unspecified atom stereocenters. The van der Waals surface area contributed by atoms with E-state index in [2.05, 4.69) is 15.0 Å². The average molecular weight is 453 g/mol. The highest BCUT2D eigenvalue weighted by atomic mass is 35.5. The lowest BCUT2D eigenvalue weighted by Gasteiger charge is -2.30. The number of nitrogens with zero attached hydrogens (tertiary/aromatic N) is 1. The molecule has 0 bridgehead atoms. The molecule has 0 spiro atoms. The predicted molar refractivity (Wildman–Crippen MR) is 111 cm³/mol. The van der Waals surface area contributed by atoms with Crippen LogP contribution in [0.4, 0.5) is 4.39 Å². The minimum atomic E-state index is -3.76. The van der Waals surface area contributed by atoms with E-state index in [1.807, 2.05) is 11.4 Å². The van der Waals surface area contributed by atoms with Gasteiger partial charge in [-0.2, -0.15) is 11.3 Å². The summed E-state index contributed by atoms with van der Waals surface area (Å²) in [5.41, 5.74) is 1.12. The molecule has 1 saturated heterocycles. The lowest BCUT2D eigenvalue weighted by atomic mass is 10.1. The number of sulfonamides is 1. The summed E-state index contributed by atoms with van der Waals surface area (Å²) in [5.74, 6) is -0.633. The second kappa shape index (κ2) is 10.2. The number of likely N-dealkylation sites (tertiary alicyclic amines) is 1. The van der Waals surface area contributed by atoms with Crippen LogP contribution in [0.1, 0.15) is 37.3 Å². The fraction of sp³-hybridized carbons (Fsp3) is 0.444. The normalized spacial score (nSPS) is 17.1. The van der Waals surface area contributed by atoms with Crippen LogP contribution in [0.25, 0.3) is 0 Å². The maximum atomic E-state index is 13.3. The molecule has 0 radical (unpaired) electrons. The number of nitrogens with one attached hydrogen (secondary N) is 1. The second-order valence-electron chi connectivity index (χ2n) is 6.45. The van der Waals surface area contributed by atoms with Crippen molar-refractivity contribution < 1.29 is 12.8 Å². The highest BCUT2D eigenvalue weighted by Crippen LogP contribution is 2.26. The fourth-order valence-electron chi connectivity index (χ4n) is 3.25. The van der Waals surface area contributed by atoms with Crippen LogP contribution in [-0.2, 0) is 10.0 Å². The molecule has 2 heterocycles. The van der Waals surface area contributed by atoms with Crippen molar-refractivity contribution in [2.24, 2.45) is 0 Å². The smallest absolute Gasteiger partial charge is 0.240 e. The number of thiophene rings is 1. The van der Waals surface area contributed by atoms with E-state index < -0.39 is 15.8 Å². The molecule has 1 aliphatic rings. The third-order valence-corrected chi connectivity index (χ3v) is 7.09. The molecule has 0 saturated carbocycles. The third kappa shape index (κ3) is 5.89. The van der Waals surface area contributed by atoms with Gasteiger partial charge in [0, 0.05) is 12.6 Å². The van der Waals surface area contributed by atoms with Crippen molar-refractivity contribution in [1.82, 2.24) is 9.62 Å². The summed E-state index contributed by atoms with van der Waals surface area (Å²) in [4.78, 5) is 2.33. The molecule has 9 heteroatoms. The maximum absolute atomic E-state index is 13.3. The van der Waals surface area contributed by atoms with Crippen molar-refractivity contribution in [1.29, 1.82) is 0 Å². The van der Waals surface area contributed by atoms with Crippen LogP contribution in [0.15, 0.2) is 39.9 Å². The Morgan fingerprint density at radius 1 is 1.19 bits per heavy atom. The summed E-state index contributed by atoms with van der Waals surface area (Å²) in [5, 5.41) is 3.88. The number of hydrogen-bond acceptors (Lipinski definition) is 4. The van der Waals surface area contributed by atoms with Crippen LogP contribution < -0.4 is 4.72 Å². The van der Waals surface area contributed by atoms with Crippen molar-refractivity contribution >= 4 is 45.4 Å². The first-order chi connectivity index (χ1) is 12.5. The van der Waals surface area contributed by atoms with E-state index in [4.69, 9.17) is 11.6 Å². The summed E-state index contributed by atoms with van der Waals surface area (Å²) >= 11 is 7.34. The zero-order valence-corrected chi connectivity index (χ0v) is 17.9. The fourth-order valence-corrected chi connectivity index (χ4v) is 5.26. The Labute approximate surface area is 175 Å². The van der Waals surface area contributed by atoms with E-state index in [0.717, 1.165) is 43.6 Å². The van der Waals surface area contributed by atoms with Crippen LogP contribution in [-0.4, -0.2) is 33.0 Å². The van der Waals surface area contributed by atoms with Gasteiger partial charge in [0.05, 0.1) is 9.92 Å². The molecule has 2 aromatic rings. The molecule has 1 N–H and O–H groups in total. The Kier molecular flexibility index (Phi) is 8.52. The molecule has 1 aromatic heterocycles. The molecule has 3 rings (SSSR count). The summed E-state index contributed by atoms with van der Waals surface area (Å²) in [7, 11) is -3.76. The maximum Gasteiger partial charge on any atom is 0.240 e. The number of benzene rings is 1. The van der Waals surface area contributed by atoms with Crippen LogP contribution >= 0.6 is 35.3 Å². The first-order valence-electron chi connectivity index (χ1n) is 8.68. The quantitative estimate of drug-likeness (QED) is 0.680. The predicted octanol–water partition coefficient (Wildman–Crippen LogP) is 4.86. The summed E-state index contributed by atoms with van der Waals surface area (Å²) in [6, 6.07) is 5.48. The van der Waals surface area contributed by atoms with Crippen molar-refractivity contribution in [2.75, 3.05) is 19.6 Å². The van der Waals surface area contributed by atoms with Gasteiger partial charge in [0.15, 0.2) is 0 Å². The van der Waals surface area contributed by atoms with Crippen LogP contribution in [0.5, 0.6) is 0 Å². The van der Waals surface area contributed by atoms with E-state index in [9.17, 15) is 12.8 Å². The largest absolute Gasteiger partial charge is 0.295 e. The van der Waals surface area contributed by atoms with E-state index in [1.165, 1.54) is 18.9 Å². The van der Waals surface area contributed by atoms with Gasteiger partial charge >= 0.3 is 0 Å². The zero-order valence-electron chi connectivity index (χ0n) is 14.7. The molecule has 0 aliphatic carbocycles. The number of hydrogen-bond donors (Lipinski definition) is 1. The van der Waals surface area contributed by atoms with Gasteiger partial charge in [-0.15, -0.1) is 12.4 Å². The Morgan fingerprint density at radius 3 is 2.48 bits per heavy atom. The molecule has 1 atom stereocenters. The second-order valence-corrected chi connectivity index (χ2v) is 9.40. The minimum Gasteiger partial charge on any atom is -0.295 e. The van der Waals surface area contributed by atoms with E-state index in [1.54, 1.807) is 11.3 Å². The van der Waals surface area contributed by atoms with E-state index in [0.29, 0.717) is 0 Å². The van der Waals surface area contributed by atoms with Crippen molar-refractivity contribution in [3.8, 4) is 0 Å². The molecule has 1 fully saturated rings. The standard InChI is InChI=1S/C18H22ClFN2O2S2.ClH/c19-16-11-15(5-6-17(16)20)26(23,24)21-12-18(14-7-10-25-13-14)22-8-3-1-2-4-9-22;/h5-7,10-11,13,18,21H,1-4,8-9,12H2;1H. The van der Waals surface area contributed by atoms with Crippen molar-refractivity contribution in [2.45, 2.75) is 36.6 Å². The molecule has 27 heavy (non-hydrogen) atoms. The monoisotopic (exact) mass is 452 g/mol. The Bertz CT molecular complexity index is 824. The number of halogens is 3. The SMILES string of the molecule is Cl.O=S(=O)(NCC(c1ccsc1)N1CCCCCC1)c1ccc(F)c(Cl)c1. The van der Waals surface area contributed by atoms with Crippen LogP contribution in [0.3, 0.4) is 0 Å². The summed E-state index contributed by atoms with van der Waals surface area (Å²) in [6.45, 7) is 2.20. The van der Waals surface area contributed by atoms with Gasteiger partial charge < -0.3 is 0 Å². The molecule has 1 aliphatic heterocycles. The van der Waals surface area contributed by atoms with Gasteiger partial charge in [-0.05, 0) is 66.5 Å². The molecule has 150 valence electrons. The highest BCUT2D eigenvalue weighted by molar-refractivity contribution is 7.89. The van der Waals surface area contributed by atoms with Gasteiger partial charge in [0.1, 0.15) is 5.82 Å². The average Bonchev–Trinajstić information content (AvgIpc) is 3.00. The van der Waals surface area contributed by atoms with Gasteiger partial charge in [-0.3, -0.25) is 4.90 Å². The minimum absolute atomic E-state index is 0.